The van der Waals surface area contributed by atoms with E-state index in [1.807, 2.05) is 13.0 Å². The number of carbonyl (C=O) groups excluding carboxylic acids is 2. The molecule has 3 rings (SSSR count). The molecular formula is C21H23ClN4O4S. The fourth-order valence-corrected chi connectivity index (χ4v) is 3.86. The van der Waals surface area contributed by atoms with Crippen molar-refractivity contribution in [2.45, 2.75) is 39.5 Å². The summed E-state index contributed by atoms with van der Waals surface area (Å²) in [6, 6.07) is 5.40. The van der Waals surface area contributed by atoms with Crippen LogP contribution in [0.15, 0.2) is 23.4 Å². The molecule has 2 N–H and O–H groups in total. The predicted octanol–water partition coefficient (Wildman–Crippen LogP) is 4.44. The van der Waals surface area contributed by atoms with Gasteiger partial charge in [-0.1, -0.05) is 23.4 Å². The molecule has 164 valence electrons. The second-order valence-corrected chi connectivity index (χ2v) is 8.17. The van der Waals surface area contributed by atoms with Crippen molar-refractivity contribution in [2.75, 3.05) is 12.4 Å². The SMILES string of the molecule is CCOC(=O)c1c(C)[nH]c(C)c1C(=O)CSc1n[nH]c(COc2ccc(Cl)c(C)c2)n1. The summed E-state index contributed by atoms with van der Waals surface area (Å²) in [7, 11) is 0. The average molecular weight is 463 g/mol. The number of hydrogen-bond donors (Lipinski definition) is 2. The van der Waals surface area contributed by atoms with Gasteiger partial charge in [0.2, 0.25) is 5.16 Å². The fourth-order valence-electron chi connectivity index (χ4n) is 3.06. The third-order valence-corrected chi connectivity index (χ3v) is 5.75. The van der Waals surface area contributed by atoms with Crippen LogP contribution in [0.3, 0.4) is 0 Å². The molecule has 0 atom stereocenters. The van der Waals surface area contributed by atoms with Crippen molar-refractivity contribution in [1.29, 1.82) is 0 Å². The number of nitrogens with one attached hydrogen (secondary N) is 2. The minimum Gasteiger partial charge on any atom is -0.486 e. The van der Waals surface area contributed by atoms with Gasteiger partial charge in [0.1, 0.15) is 12.4 Å². The van der Waals surface area contributed by atoms with Gasteiger partial charge in [0, 0.05) is 16.4 Å². The van der Waals surface area contributed by atoms with Crippen LogP contribution in [0, 0.1) is 20.8 Å². The number of hydrogen-bond acceptors (Lipinski definition) is 7. The van der Waals surface area contributed by atoms with E-state index in [1.54, 1.807) is 32.9 Å². The monoisotopic (exact) mass is 462 g/mol. The number of nitrogens with zero attached hydrogens (tertiary/aromatic N) is 2. The summed E-state index contributed by atoms with van der Waals surface area (Å²) in [5, 5.41) is 8.01. The van der Waals surface area contributed by atoms with Crippen LogP contribution in [-0.2, 0) is 11.3 Å². The molecule has 1 aromatic carbocycles. The summed E-state index contributed by atoms with van der Waals surface area (Å²) in [6.45, 7) is 7.56. The summed E-state index contributed by atoms with van der Waals surface area (Å²) in [5.41, 5.74) is 2.80. The molecule has 0 amide bonds. The lowest BCUT2D eigenvalue weighted by Gasteiger charge is -2.05. The third-order valence-electron chi connectivity index (χ3n) is 4.48. The highest BCUT2D eigenvalue weighted by Gasteiger charge is 2.25. The van der Waals surface area contributed by atoms with Crippen LogP contribution in [0.4, 0.5) is 0 Å². The maximum absolute atomic E-state index is 12.8. The van der Waals surface area contributed by atoms with Crippen LogP contribution in [0.2, 0.25) is 5.02 Å². The third kappa shape index (κ3) is 5.48. The van der Waals surface area contributed by atoms with E-state index < -0.39 is 5.97 Å². The smallest absolute Gasteiger partial charge is 0.340 e. The molecule has 31 heavy (non-hydrogen) atoms. The minimum atomic E-state index is -0.507. The Bertz CT molecular complexity index is 1110. The van der Waals surface area contributed by atoms with E-state index in [0.29, 0.717) is 38.7 Å². The number of Topliss-reactive ketones (excluding diaryl/α,β-unsaturated/α-hetero) is 1. The fraction of sp³-hybridized carbons (Fsp3) is 0.333. The second kappa shape index (κ2) is 10.0. The lowest BCUT2D eigenvalue weighted by atomic mass is 10.1. The normalized spacial score (nSPS) is 10.9. The van der Waals surface area contributed by atoms with E-state index in [-0.39, 0.29) is 30.3 Å². The van der Waals surface area contributed by atoms with Crippen molar-refractivity contribution in [3.8, 4) is 5.75 Å². The summed E-state index contributed by atoms with van der Waals surface area (Å²) in [6.07, 6.45) is 0. The van der Waals surface area contributed by atoms with Gasteiger partial charge in [0.15, 0.2) is 11.6 Å². The summed E-state index contributed by atoms with van der Waals surface area (Å²) >= 11 is 7.20. The second-order valence-electron chi connectivity index (χ2n) is 6.82. The van der Waals surface area contributed by atoms with Crippen LogP contribution in [0.5, 0.6) is 5.75 Å². The molecule has 2 heterocycles. The molecule has 0 unspecified atom stereocenters. The molecule has 0 fully saturated rings. The first-order chi connectivity index (χ1) is 14.8. The first-order valence-electron chi connectivity index (χ1n) is 9.62. The Morgan fingerprint density at radius 3 is 2.61 bits per heavy atom. The topological polar surface area (TPSA) is 110 Å². The van der Waals surface area contributed by atoms with Crippen molar-refractivity contribution in [3.05, 3.63) is 57.1 Å². The van der Waals surface area contributed by atoms with Crippen molar-refractivity contribution in [1.82, 2.24) is 20.2 Å². The largest absolute Gasteiger partial charge is 0.486 e. The number of aromatic amines is 2. The number of ketones is 1. The minimum absolute atomic E-state index is 0.0824. The highest BCUT2D eigenvalue weighted by Crippen LogP contribution is 2.24. The van der Waals surface area contributed by atoms with Gasteiger partial charge in [-0.2, -0.15) is 0 Å². The maximum Gasteiger partial charge on any atom is 0.340 e. The van der Waals surface area contributed by atoms with Gasteiger partial charge in [0.05, 0.1) is 23.5 Å². The van der Waals surface area contributed by atoms with Gasteiger partial charge in [-0.15, -0.1) is 5.10 Å². The molecule has 0 aliphatic rings. The van der Waals surface area contributed by atoms with Gasteiger partial charge in [-0.3, -0.25) is 9.89 Å². The molecule has 3 aromatic rings. The van der Waals surface area contributed by atoms with E-state index >= 15 is 0 Å². The Morgan fingerprint density at radius 2 is 1.90 bits per heavy atom. The molecule has 2 aromatic heterocycles. The number of carbonyl (C=O) groups is 2. The number of esters is 1. The van der Waals surface area contributed by atoms with Crippen LogP contribution < -0.4 is 4.74 Å². The van der Waals surface area contributed by atoms with E-state index in [2.05, 4.69) is 20.2 Å². The zero-order chi connectivity index (χ0) is 22.5. The highest BCUT2D eigenvalue weighted by molar-refractivity contribution is 7.99. The van der Waals surface area contributed by atoms with Gasteiger partial charge in [0.25, 0.3) is 0 Å². The molecule has 0 aliphatic carbocycles. The summed E-state index contributed by atoms with van der Waals surface area (Å²) in [4.78, 5) is 32.5. The number of rotatable bonds is 9. The highest BCUT2D eigenvalue weighted by atomic mass is 35.5. The number of thioether (sulfide) groups is 1. The molecular weight excluding hydrogens is 440 g/mol. The zero-order valence-electron chi connectivity index (χ0n) is 17.7. The maximum atomic E-state index is 12.8. The van der Waals surface area contributed by atoms with Crippen molar-refractivity contribution in [3.63, 3.8) is 0 Å². The van der Waals surface area contributed by atoms with Gasteiger partial charge in [-0.25, -0.2) is 9.78 Å². The number of aryl methyl sites for hydroxylation is 3. The molecule has 0 bridgehead atoms. The zero-order valence-corrected chi connectivity index (χ0v) is 19.2. The van der Waals surface area contributed by atoms with Crippen LogP contribution >= 0.6 is 23.4 Å². The van der Waals surface area contributed by atoms with E-state index in [9.17, 15) is 9.59 Å². The molecule has 0 saturated heterocycles. The predicted molar refractivity (Wildman–Crippen MR) is 118 cm³/mol. The first-order valence-corrected chi connectivity index (χ1v) is 11.0. The van der Waals surface area contributed by atoms with Crippen LogP contribution in [0.25, 0.3) is 0 Å². The lowest BCUT2D eigenvalue weighted by Crippen LogP contribution is -2.13. The Kier molecular flexibility index (Phi) is 7.40. The average Bonchev–Trinajstić information content (AvgIpc) is 3.30. The van der Waals surface area contributed by atoms with E-state index in [0.717, 1.165) is 5.56 Å². The van der Waals surface area contributed by atoms with Crippen molar-refractivity contribution >= 4 is 35.1 Å². The quantitative estimate of drug-likeness (QED) is 0.274. The molecule has 0 spiro atoms. The number of aromatic nitrogens is 4. The number of benzene rings is 1. The molecule has 8 nitrogen and oxygen atoms in total. The van der Waals surface area contributed by atoms with Crippen LogP contribution in [0.1, 0.15) is 50.4 Å². The van der Waals surface area contributed by atoms with Gasteiger partial charge in [-0.05, 0) is 51.5 Å². The van der Waals surface area contributed by atoms with Crippen LogP contribution in [-0.4, -0.2) is 44.3 Å². The van der Waals surface area contributed by atoms with Crippen molar-refractivity contribution < 1.29 is 19.1 Å². The standard InChI is InChI=1S/C21H23ClN4O4S/c1-5-29-20(28)19-13(4)23-12(3)18(19)16(27)10-31-21-24-17(25-26-21)9-30-14-6-7-15(22)11(2)8-14/h6-8,23H,5,9-10H2,1-4H3,(H,24,25,26). The Hall–Kier alpha value is -2.78. The van der Waals surface area contributed by atoms with Gasteiger partial charge >= 0.3 is 5.97 Å². The van der Waals surface area contributed by atoms with Crippen molar-refractivity contribution in [2.24, 2.45) is 0 Å². The van der Waals surface area contributed by atoms with E-state index in [4.69, 9.17) is 21.1 Å². The Balaban J connectivity index is 1.61. The Morgan fingerprint density at radius 1 is 1.16 bits per heavy atom. The van der Waals surface area contributed by atoms with Gasteiger partial charge < -0.3 is 14.5 Å². The molecule has 0 radical (unpaired) electrons. The van der Waals surface area contributed by atoms with E-state index in [1.165, 1.54) is 11.8 Å². The lowest BCUT2D eigenvalue weighted by molar-refractivity contribution is 0.0522. The summed E-state index contributed by atoms with van der Waals surface area (Å²) in [5.74, 6) is 0.580. The summed E-state index contributed by atoms with van der Waals surface area (Å²) < 4.78 is 10.8. The number of ether oxygens (including phenoxy) is 2. The molecule has 10 heteroatoms. The first kappa shape index (κ1) is 22.9. The number of halogens is 1. The molecule has 0 saturated carbocycles. The molecule has 0 aliphatic heterocycles. The number of H-pyrrole nitrogens is 2. The Labute approximate surface area is 189 Å².